The number of ether oxygens (including phenoxy) is 1. The minimum Gasteiger partial charge on any atom is -0.494 e. The largest absolute Gasteiger partial charge is 0.494 e. The van der Waals surface area contributed by atoms with Crippen molar-refractivity contribution < 1.29 is 4.74 Å². The van der Waals surface area contributed by atoms with Gasteiger partial charge in [0, 0.05) is 24.0 Å². The molecule has 0 radical (unpaired) electrons. The molecule has 0 spiro atoms. The standard InChI is InChI=1S/C13H16N2O/c1-14-9-8-11-7-6-10-4-3-5-12(16-2)13(10)15-11/h3-7,14H,8-9H2,1-2H3. The minimum atomic E-state index is 0.837. The van der Waals surface area contributed by atoms with Gasteiger partial charge in [0.1, 0.15) is 11.3 Å². The zero-order valence-corrected chi connectivity index (χ0v) is 9.66. The van der Waals surface area contributed by atoms with E-state index >= 15 is 0 Å². The van der Waals surface area contributed by atoms with Crippen molar-refractivity contribution in [3.8, 4) is 5.75 Å². The molecule has 0 unspecified atom stereocenters. The fraction of sp³-hybridized carbons (Fsp3) is 0.308. The first kappa shape index (κ1) is 10.9. The van der Waals surface area contributed by atoms with E-state index in [1.807, 2.05) is 25.2 Å². The van der Waals surface area contributed by atoms with E-state index in [2.05, 4.69) is 22.4 Å². The van der Waals surface area contributed by atoms with Crippen LogP contribution in [-0.4, -0.2) is 25.7 Å². The number of likely N-dealkylation sites (N-methyl/N-ethyl adjacent to an activating group) is 1. The third-order valence-electron chi connectivity index (χ3n) is 2.59. The van der Waals surface area contributed by atoms with Crippen LogP contribution in [0.1, 0.15) is 5.69 Å². The summed E-state index contributed by atoms with van der Waals surface area (Å²) in [5, 5.41) is 4.24. The maximum absolute atomic E-state index is 5.31. The second-order valence-corrected chi connectivity index (χ2v) is 3.69. The van der Waals surface area contributed by atoms with Crippen LogP contribution in [0.3, 0.4) is 0 Å². The van der Waals surface area contributed by atoms with E-state index in [0.717, 1.165) is 35.3 Å². The molecule has 0 bridgehead atoms. The Morgan fingerprint density at radius 3 is 2.88 bits per heavy atom. The van der Waals surface area contributed by atoms with E-state index < -0.39 is 0 Å². The van der Waals surface area contributed by atoms with Crippen LogP contribution in [0.4, 0.5) is 0 Å². The number of rotatable bonds is 4. The Labute approximate surface area is 95.5 Å². The first-order chi connectivity index (χ1) is 7.85. The molecule has 1 aromatic heterocycles. The summed E-state index contributed by atoms with van der Waals surface area (Å²) >= 11 is 0. The monoisotopic (exact) mass is 216 g/mol. The van der Waals surface area contributed by atoms with Crippen LogP contribution in [-0.2, 0) is 6.42 Å². The van der Waals surface area contributed by atoms with Crippen LogP contribution in [0.5, 0.6) is 5.75 Å². The van der Waals surface area contributed by atoms with Crippen molar-refractivity contribution in [1.82, 2.24) is 10.3 Å². The molecule has 0 atom stereocenters. The van der Waals surface area contributed by atoms with Crippen LogP contribution in [0.15, 0.2) is 30.3 Å². The molecular weight excluding hydrogens is 200 g/mol. The molecule has 0 saturated heterocycles. The quantitative estimate of drug-likeness (QED) is 0.848. The molecule has 1 N–H and O–H groups in total. The SMILES string of the molecule is CNCCc1ccc2cccc(OC)c2n1. The molecule has 0 fully saturated rings. The average molecular weight is 216 g/mol. The summed E-state index contributed by atoms with van der Waals surface area (Å²) in [6, 6.07) is 10.1. The van der Waals surface area contributed by atoms with Crippen molar-refractivity contribution in [2.24, 2.45) is 0 Å². The molecule has 1 aromatic carbocycles. The number of hydrogen-bond acceptors (Lipinski definition) is 3. The van der Waals surface area contributed by atoms with Gasteiger partial charge in [-0.2, -0.15) is 0 Å². The van der Waals surface area contributed by atoms with Crippen molar-refractivity contribution in [2.75, 3.05) is 20.7 Å². The molecule has 1 heterocycles. The fourth-order valence-corrected chi connectivity index (χ4v) is 1.72. The molecule has 2 aromatic rings. The highest BCUT2D eigenvalue weighted by Crippen LogP contribution is 2.23. The Bertz CT molecular complexity index is 482. The summed E-state index contributed by atoms with van der Waals surface area (Å²) in [6.45, 7) is 0.938. The highest BCUT2D eigenvalue weighted by molar-refractivity contribution is 5.84. The number of pyridine rings is 1. The fourth-order valence-electron chi connectivity index (χ4n) is 1.72. The van der Waals surface area contributed by atoms with Crippen LogP contribution < -0.4 is 10.1 Å². The Hall–Kier alpha value is -1.61. The Balaban J connectivity index is 2.42. The van der Waals surface area contributed by atoms with E-state index in [1.165, 1.54) is 0 Å². The second-order valence-electron chi connectivity index (χ2n) is 3.69. The lowest BCUT2D eigenvalue weighted by molar-refractivity contribution is 0.419. The zero-order chi connectivity index (χ0) is 11.4. The summed E-state index contributed by atoms with van der Waals surface area (Å²) in [6.07, 6.45) is 0.935. The van der Waals surface area contributed by atoms with Crippen LogP contribution >= 0.6 is 0 Å². The predicted octanol–water partition coefficient (Wildman–Crippen LogP) is 2.01. The molecule has 0 saturated carbocycles. The molecular formula is C13H16N2O. The van der Waals surface area contributed by atoms with E-state index in [1.54, 1.807) is 7.11 Å². The number of aromatic nitrogens is 1. The smallest absolute Gasteiger partial charge is 0.145 e. The summed E-state index contributed by atoms with van der Waals surface area (Å²) < 4.78 is 5.31. The number of fused-ring (bicyclic) bond motifs is 1. The molecule has 3 nitrogen and oxygen atoms in total. The lowest BCUT2D eigenvalue weighted by Crippen LogP contribution is -2.11. The van der Waals surface area contributed by atoms with Gasteiger partial charge in [-0.15, -0.1) is 0 Å². The van der Waals surface area contributed by atoms with Crippen molar-refractivity contribution in [1.29, 1.82) is 0 Å². The van der Waals surface area contributed by atoms with Crippen LogP contribution in [0.25, 0.3) is 10.9 Å². The number of benzene rings is 1. The summed E-state index contributed by atoms with van der Waals surface area (Å²) in [5.74, 6) is 0.837. The molecule has 0 amide bonds. The maximum atomic E-state index is 5.31. The third-order valence-corrected chi connectivity index (χ3v) is 2.59. The minimum absolute atomic E-state index is 0.837. The molecule has 84 valence electrons. The van der Waals surface area contributed by atoms with Gasteiger partial charge in [0.15, 0.2) is 0 Å². The topological polar surface area (TPSA) is 34.1 Å². The molecule has 0 aliphatic heterocycles. The van der Waals surface area contributed by atoms with Crippen LogP contribution in [0, 0.1) is 0 Å². The van der Waals surface area contributed by atoms with E-state index in [4.69, 9.17) is 4.74 Å². The molecule has 16 heavy (non-hydrogen) atoms. The van der Waals surface area contributed by atoms with Crippen molar-refractivity contribution in [3.63, 3.8) is 0 Å². The number of methoxy groups -OCH3 is 1. The Kier molecular flexibility index (Phi) is 3.37. The second kappa shape index (κ2) is 4.94. The van der Waals surface area contributed by atoms with E-state index in [9.17, 15) is 0 Å². The molecule has 0 aliphatic carbocycles. The molecule has 0 aliphatic rings. The van der Waals surface area contributed by atoms with Gasteiger partial charge in [-0.3, -0.25) is 0 Å². The van der Waals surface area contributed by atoms with Gasteiger partial charge in [-0.1, -0.05) is 18.2 Å². The number of nitrogens with one attached hydrogen (secondary N) is 1. The molecule has 3 heteroatoms. The zero-order valence-electron chi connectivity index (χ0n) is 9.66. The van der Waals surface area contributed by atoms with E-state index in [0.29, 0.717) is 0 Å². The Morgan fingerprint density at radius 2 is 2.12 bits per heavy atom. The van der Waals surface area contributed by atoms with Gasteiger partial charge in [0.25, 0.3) is 0 Å². The van der Waals surface area contributed by atoms with Gasteiger partial charge >= 0.3 is 0 Å². The van der Waals surface area contributed by atoms with Gasteiger partial charge in [-0.25, -0.2) is 4.98 Å². The Morgan fingerprint density at radius 1 is 1.25 bits per heavy atom. The lowest BCUT2D eigenvalue weighted by atomic mass is 10.1. The first-order valence-corrected chi connectivity index (χ1v) is 5.42. The lowest BCUT2D eigenvalue weighted by Gasteiger charge is -2.06. The number of nitrogens with zero attached hydrogens (tertiary/aromatic N) is 1. The normalized spacial score (nSPS) is 10.6. The predicted molar refractivity (Wildman–Crippen MR) is 65.9 cm³/mol. The van der Waals surface area contributed by atoms with Crippen molar-refractivity contribution in [3.05, 3.63) is 36.0 Å². The summed E-state index contributed by atoms with van der Waals surface area (Å²) in [5.41, 5.74) is 2.03. The number of para-hydroxylation sites is 1. The maximum Gasteiger partial charge on any atom is 0.145 e. The van der Waals surface area contributed by atoms with Gasteiger partial charge in [0.2, 0.25) is 0 Å². The van der Waals surface area contributed by atoms with Crippen molar-refractivity contribution in [2.45, 2.75) is 6.42 Å². The summed E-state index contributed by atoms with van der Waals surface area (Å²) in [7, 11) is 3.62. The number of hydrogen-bond donors (Lipinski definition) is 1. The third kappa shape index (κ3) is 2.14. The van der Waals surface area contributed by atoms with Crippen LogP contribution in [0.2, 0.25) is 0 Å². The highest BCUT2D eigenvalue weighted by atomic mass is 16.5. The highest BCUT2D eigenvalue weighted by Gasteiger charge is 2.03. The first-order valence-electron chi connectivity index (χ1n) is 5.42. The van der Waals surface area contributed by atoms with Gasteiger partial charge in [-0.05, 0) is 19.2 Å². The van der Waals surface area contributed by atoms with E-state index in [-0.39, 0.29) is 0 Å². The average Bonchev–Trinajstić information content (AvgIpc) is 2.35. The molecule has 2 rings (SSSR count). The van der Waals surface area contributed by atoms with Crippen molar-refractivity contribution >= 4 is 10.9 Å². The summed E-state index contributed by atoms with van der Waals surface area (Å²) in [4.78, 5) is 4.62. The van der Waals surface area contributed by atoms with Gasteiger partial charge in [0.05, 0.1) is 7.11 Å². The van der Waals surface area contributed by atoms with Gasteiger partial charge < -0.3 is 10.1 Å².